The van der Waals surface area contributed by atoms with Crippen molar-refractivity contribution >= 4 is 0 Å². The summed E-state index contributed by atoms with van der Waals surface area (Å²) in [5.74, 6) is 6.17. The van der Waals surface area contributed by atoms with Crippen LogP contribution in [0.4, 0.5) is 0 Å². The van der Waals surface area contributed by atoms with Gasteiger partial charge in [-0.2, -0.15) is 0 Å². The number of hydrogen-bond acceptors (Lipinski definition) is 0. The van der Waals surface area contributed by atoms with Crippen molar-refractivity contribution in [1.29, 1.82) is 0 Å². The van der Waals surface area contributed by atoms with Crippen LogP contribution in [0.15, 0.2) is 0 Å². The van der Waals surface area contributed by atoms with Gasteiger partial charge in [0.15, 0.2) is 0 Å². The molecule has 0 radical (unpaired) electrons. The number of hydrogen-bond donors (Lipinski definition) is 0. The molecule has 8 atom stereocenters. The first kappa shape index (κ1) is 14.6. The van der Waals surface area contributed by atoms with Gasteiger partial charge in [-0.15, -0.1) is 0 Å². The van der Waals surface area contributed by atoms with Crippen molar-refractivity contribution < 1.29 is 0 Å². The van der Waals surface area contributed by atoms with Crippen LogP contribution in [0.1, 0.15) is 80.1 Å². The SMILES string of the molecule is CCC(C)C12CC3(CCC(C)C3CC)C3C1C3(C(C)C)C2. The van der Waals surface area contributed by atoms with E-state index in [1.165, 1.54) is 19.3 Å². The molecule has 0 aromatic carbocycles. The summed E-state index contributed by atoms with van der Waals surface area (Å²) in [5.41, 5.74) is 2.32. The molecule has 0 heteroatoms. The van der Waals surface area contributed by atoms with Crippen LogP contribution < -0.4 is 0 Å². The molecule has 4 fully saturated rings. The molecule has 0 aromatic rings. The Morgan fingerprint density at radius 1 is 1.05 bits per heavy atom. The molecule has 120 valence electrons. The van der Waals surface area contributed by atoms with Gasteiger partial charge in [0.25, 0.3) is 0 Å². The van der Waals surface area contributed by atoms with Crippen LogP contribution in [0.2, 0.25) is 0 Å². The van der Waals surface area contributed by atoms with Crippen molar-refractivity contribution in [1.82, 2.24) is 0 Å². The Morgan fingerprint density at radius 3 is 2.33 bits per heavy atom. The highest BCUT2D eigenvalue weighted by molar-refractivity contribution is 5.39. The molecule has 4 rings (SSSR count). The summed E-state index contributed by atoms with van der Waals surface area (Å²) in [6, 6.07) is 0. The van der Waals surface area contributed by atoms with Crippen LogP contribution in [0.5, 0.6) is 0 Å². The van der Waals surface area contributed by atoms with Crippen molar-refractivity contribution in [3.05, 3.63) is 0 Å². The zero-order valence-corrected chi connectivity index (χ0v) is 15.2. The zero-order chi connectivity index (χ0) is 15.2. The average Bonchev–Trinajstić information content (AvgIpc) is 2.79. The lowest BCUT2D eigenvalue weighted by Crippen LogP contribution is -2.51. The standard InChI is InChI=1S/C21H36/c1-7-15(6)20-11-19(10-9-14(5)16(19)8-2)17-18(20)21(17,12-20)13(3)4/h13-18H,7-12H2,1-6H3. The third kappa shape index (κ3) is 1.32. The molecule has 0 N–H and O–H groups in total. The van der Waals surface area contributed by atoms with E-state index in [-0.39, 0.29) is 0 Å². The van der Waals surface area contributed by atoms with Gasteiger partial charge in [-0.05, 0) is 77.4 Å². The fourth-order valence-electron chi connectivity index (χ4n) is 8.71. The van der Waals surface area contributed by atoms with Crippen molar-refractivity contribution in [2.45, 2.75) is 80.1 Å². The number of fused-ring (bicyclic) bond motifs is 2. The fraction of sp³-hybridized carbons (Fsp3) is 1.00. The van der Waals surface area contributed by atoms with Crippen LogP contribution in [-0.4, -0.2) is 0 Å². The second-order valence-electron chi connectivity index (χ2n) is 9.88. The predicted octanol–water partition coefficient (Wildman–Crippen LogP) is 6.16. The lowest BCUT2D eigenvalue weighted by molar-refractivity contribution is -0.0941. The molecular weight excluding hydrogens is 252 g/mol. The summed E-state index contributed by atoms with van der Waals surface area (Å²) >= 11 is 0. The van der Waals surface area contributed by atoms with Gasteiger partial charge >= 0.3 is 0 Å². The fourth-order valence-corrected chi connectivity index (χ4v) is 8.71. The van der Waals surface area contributed by atoms with Gasteiger partial charge in [-0.3, -0.25) is 0 Å². The Kier molecular flexibility index (Phi) is 2.84. The molecule has 1 spiro atoms. The van der Waals surface area contributed by atoms with Gasteiger partial charge in [-0.1, -0.05) is 54.4 Å². The monoisotopic (exact) mass is 288 g/mol. The van der Waals surface area contributed by atoms with E-state index in [4.69, 9.17) is 0 Å². The van der Waals surface area contributed by atoms with Crippen molar-refractivity contribution in [2.75, 3.05) is 0 Å². The van der Waals surface area contributed by atoms with E-state index in [9.17, 15) is 0 Å². The Hall–Kier alpha value is 0. The zero-order valence-electron chi connectivity index (χ0n) is 15.2. The maximum atomic E-state index is 2.58. The minimum absolute atomic E-state index is 0.765. The van der Waals surface area contributed by atoms with Crippen LogP contribution in [0.25, 0.3) is 0 Å². The first-order chi connectivity index (χ1) is 9.90. The van der Waals surface area contributed by atoms with Crippen LogP contribution in [0.3, 0.4) is 0 Å². The Morgan fingerprint density at radius 2 is 1.76 bits per heavy atom. The second kappa shape index (κ2) is 4.09. The van der Waals surface area contributed by atoms with Crippen molar-refractivity contribution in [2.24, 2.45) is 51.8 Å². The average molecular weight is 289 g/mol. The van der Waals surface area contributed by atoms with Crippen LogP contribution in [0, 0.1) is 51.8 Å². The third-order valence-electron chi connectivity index (χ3n) is 9.51. The summed E-state index contributed by atoms with van der Waals surface area (Å²) in [6.07, 6.45) is 9.14. The topological polar surface area (TPSA) is 0 Å². The normalized spacial score (nSPS) is 58.4. The van der Waals surface area contributed by atoms with Crippen molar-refractivity contribution in [3.63, 3.8) is 0 Å². The van der Waals surface area contributed by atoms with E-state index in [0.29, 0.717) is 0 Å². The quantitative estimate of drug-likeness (QED) is 0.581. The minimum atomic E-state index is 0.765. The lowest BCUT2D eigenvalue weighted by Gasteiger charge is -2.58. The highest BCUT2D eigenvalue weighted by Crippen LogP contribution is 2.97. The molecule has 0 heterocycles. The molecule has 0 bridgehead atoms. The molecule has 4 aliphatic rings. The smallest absolute Gasteiger partial charge is 0.0195 e. The number of rotatable bonds is 4. The molecule has 21 heavy (non-hydrogen) atoms. The Balaban J connectivity index is 1.74. The van der Waals surface area contributed by atoms with Crippen molar-refractivity contribution in [3.8, 4) is 0 Å². The first-order valence-electron chi connectivity index (χ1n) is 9.90. The van der Waals surface area contributed by atoms with Gasteiger partial charge in [0.2, 0.25) is 0 Å². The maximum absolute atomic E-state index is 2.58. The molecule has 4 saturated carbocycles. The summed E-state index contributed by atoms with van der Waals surface area (Å²) in [5, 5.41) is 0. The molecule has 0 amide bonds. The molecule has 8 unspecified atom stereocenters. The second-order valence-corrected chi connectivity index (χ2v) is 9.88. The van der Waals surface area contributed by atoms with Crippen LogP contribution >= 0.6 is 0 Å². The predicted molar refractivity (Wildman–Crippen MR) is 90.0 cm³/mol. The van der Waals surface area contributed by atoms with Gasteiger partial charge < -0.3 is 0 Å². The molecule has 0 aliphatic heterocycles. The molecule has 0 nitrogen and oxygen atoms in total. The van der Waals surface area contributed by atoms with Gasteiger partial charge in [0.05, 0.1) is 0 Å². The minimum Gasteiger partial charge on any atom is -0.0651 e. The largest absolute Gasteiger partial charge is 0.0651 e. The highest BCUT2D eigenvalue weighted by atomic mass is 15.0. The Bertz CT molecular complexity index is 451. The van der Waals surface area contributed by atoms with E-state index < -0.39 is 0 Å². The summed E-state index contributed by atoms with van der Waals surface area (Å²) in [6.45, 7) is 15.1. The van der Waals surface area contributed by atoms with Gasteiger partial charge in [-0.25, -0.2) is 0 Å². The molecular formula is C21H36. The highest BCUT2D eigenvalue weighted by Gasteiger charge is 2.91. The van der Waals surface area contributed by atoms with E-state index in [1.54, 1.807) is 19.3 Å². The van der Waals surface area contributed by atoms with Crippen LogP contribution in [-0.2, 0) is 0 Å². The Labute approximate surface area is 132 Å². The van der Waals surface area contributed by atoms with E-state index in [0.717, 1.165) is 51.8 Å². The lowest BCUT2D eigenvalue weighted by atomic mass is 9.46. The summed E-state index contributed by atoms with van der Waals surface area (Å²) < 4.78 is 0. The molecule has 0 saturated heterocycles. The summed E-state index contributed by atoms with van der Waals surface area (Å²) in [4.78, 5) is 0. The molecule has 0 aromatic heterocycles. The van der Waals surface area contributed by atoms with Gasteiger partial charge in [0, 0.05) is 0 Å². The van der Waals surface area contributed by atoms with E-state index >= 15 is 0 Å². The first-order valence-corrected chi connectivity index (χ1v) is 9.90. The van der Waals surface area contributed by atoms with Gasteiger partial charge in [0.1, 0.15) is 0 Å². The third-order valence-corrected chi connectivity index (χ3v) is 9.51. The van der Waals surface area contributed by atoms with E-state index in [1.807, 2.05) is 0 Å². The van der Waals surface area contributed by atoms with E-state index in [2.05, 4.69) is 41.5 Å². The summed E-state index contributed by atoms with van der Waals surface area (Å²) in [7, 11) is 0. The maximum Gasteiger partial charge on any atom is -0.0195 e. The molecule has 4 aliphatic carbocycles.